The molecule has 148 valence electrons. The molecule has 0 spiro atoms. The monoisotopic (exact) mass is 410 g/mol. The summed E-state index contributed by atoms with van der Waals surface area (Å²) in [5.41, 5.74) is 2.22. The Morgan fingerprint density at radius 1 is 0.897 bits per heavy atom. The van der Waals surface area contributed by atoms with Crippen LogP contribution in [0, 0.1) is 0 Å². The van der Waals surface area contributed by atoms with E-state index in [1.165, 1.54) is 7.11 Å². The van der Waals surface area contributed by atoms with Gasteiger partial charge in [0.25, 0.3) is 5.91 Å². The molecule has 2 amide bonds. The van der Waals surface area contributed by atoms with E-state index in [4.69, 9.17) is 16.3 Å². The summed E-state index contributed by atoms with van der Waals surface area (Å²) in [5, 5.41) is 5.95. The van der Waals surface area contributed by atoms with Gasteiger partial charge in [-0.3, -0.25) is 10.1 Å². The predicted molar refractivity (Wildman–Crippen MR) is 113 cm³/mol. The topological polar surface area (TPSA) is 76.7 Å². The number of hydrogen-bond donors (Lipinski definition) is 2. The molecular formula is C22H19ClN2O4. The molecule has 0 radical (unpaired) electrons. The summed E-state index contributed by atoms with van der Waals surface area (Å²) in [6.45, 7) is 0.239. The number of benzene rings is 3. The third kappa shape index (κ3) is 5.49. The maximum absolute atomic E-state index is 12.8. The molecule has 0 atom stereocenters. The highest BCUT2D eigenvalue weighted by atomic mass is 35.5. The van der Waals surface area contributed by atoms with Crippen molar-refractivity contribution in [2.24, 2.45) is 0 Å². The highest BCUT2D eigenvalue weighted by Gasteiger charge is 2.13. The Bertz CT molecular complexity index is 1020. The van der Waals surface area contributed by atoms with Gasteiger partial charge in [-0.15, -0.1) is 0 Å². The van der Waals surface area contributed by atoms with Crippen LogP contribution < -0.4 is 15.4 Å². The molecule has 3 aromatic rings. The molecule has 7 heteroatoms. The minimum atomic E-state index is -0.591. The average Bonchev–Trinajstić information content (AvgIpc) is 2.73. The number of halogens is 1. The first-order chi connectivity index (χ1) is 14.1. The highest BCUT2D eigenvalue weighted by molar-refractivity contribution is 6.31. The van der Waals surface area contributed by atoms with E-state index in [1.807, 2.05) is 18.2 Å². The van der Waals surface area contributed by atoms with Crippen LogP contribution >= 0.6 is 11.6 Å². The van der Waals surface area contributed by atoms with Crippen molar-refractivity contribution in [1.82, 2.24) is 0 Å². The number of carbonyl (C=O) groups excluding carboxylic acids is 2. The maximum Gasteiger partial charge on any atom is 0.411 e. The van der Waals surface area contributed by atoms with Gasteiger partial charge in [0.1, 0.15) is 12.4 Å². The molecule has 0 fully saturated rings. The lowest BCUT2D eigenvalue weighted by Gasteiger charge is -2.13. The summed E-state index contributed by atoms with van der Waals surface area (Å²) in [6.07, 6.45) is -0.591. The van der Waals surface area contributed by atoms with Crippen molar-refractivity contribution in [2.75, 3.05) is 17.7 Å². The minimum Gasteiger partial charge on any atom is -0.488 e. The molecule has 3 aromatic carbocycles. The van der Waals surface area contributed by atoms with Gasteiger partial charge in [-0.2, -0.15) is 0 Å². The Morgan fingerprint density at radius 3 is 2.34 bits per heavy atom. The van der Waals surface area contributed by atoms with Crippen molar-refractivity contribution < 1.29 is 19.1 Å². The molecule has 6 nitrogen and oxygen atoms in total. The van der Waals surface area contributed by atoms with Gasteiger partial charge in [0.05, 0.1) is 12.7 Å². The van der Waals surface area contributed by atoms with Gasteiger partial charge in [0.15, 0.2) is 0 Å². The number of rotatable bonds is 6. The van der Waals surface area contributed by atoms with Gasteiger partial charge in [-0.05, 0) is 36.4 Å². The number of carbonyl (C=O) groups is 2. The molecule has 0 aliphatic carbocycles. The van der Waals surface area contributed by atoms with Crippen molar-refractivity contribution in [3.8, 4) is 5.75 Å². The van der Waals surface area contributed by atoms with E-state index >= 15 is 0 Å². The summed E-state index contributed by atoms with van der Waals surface area (Å²) < 4.78 is 10.4. The summed E-state index contributed by atoms with van der Waals surface area (Å²) in [5.74, 6) is 0.101. The molecule has 29 heavy (non-hydrogen) atoms. The first kappa shape index (κ1) is 20.2. The number of methoxy groups -OCH3 is 1. The number of hydrogen-bond acceptors (Lipinski definition) is 4. The van der Waals surface area contributed by atoms with Gasteiger partial charge in [-0.1, -0.05) is 48.0 Å². The van der Waals surface area contributed by atoms with Gasteiger partial charge < -0.3 is 14.8 Å². The molecule has 0 heterocycles. The third-order valence-corrected chi connectivity index (χ3v) is 4.39. The molecule has 0 aromatic heterocycles. The molecule has 0 saturated heterocycles. The zero-order valence-corrected chi connectivity index (χ0v) is 16.4. The van der Waals surface area contributed by atoms with Crippen LogP contribution in [0.3, 0.4) is 0 Å². The molecule has 3 rings (SSSR count). The Hall–Kier alpha value is -3.51. The zero-order valence-electron chi connectivity index (χ0n) is 15.6. The fourth-order valence-electron chi connectivity index (χ4n) is 2.59. The second-order valence-corrected chi connectivity index (χ2v) is 6.43. The highest BCUT2D eigenvalue weighted by Crippen LogP contribution is 2.24. The number of nitrogens with one attached hydrogen (secondary N) is 2. The molecular weight excluding hydrogens is 392 g/mol. The van der Waals surface area contributed by atoms with Crippen molar-refractivity contribution in [3.05, 3.63) is 88.9 Å². The Kier molecular flexibility index (Phi) is 6.71. The van der Waals surface area contributed by atoms with Crippen LogP contribution in [-0.2, 0) is 11.3 Å². The second kappa shape index (κ2) is 9.61. The summed E-state index contributed by atoms with van der Waals surface area (Å²) in [6, 6.07) is 21.1. The van der Waals surface area contributed by atoms with Crippen molar-refractivity contribution in [3.63, 3.8) is 0 Å². The normalized spacial score (nSPS) is 10.1. The lowest BCUT2D eigenvalue weighted by molar-refractivity contribution is 0.102. The van der Waals surface area contributed by atoms with E-state index in [9.17, 15) is 9.59 Å². The van der Waals surface area contributed by atoms with Gasteiger partial charge in [0.2, 0.25) is 0 Å². The minimum absolute atomic E-state index is 0.239. The predicted octanol–water partition coefficient (Wildman–Crippen LogP) is 5.35. The fraction of sp³-hybridized carbons (Fsp3) is 0.0909. The Labute approximate surface area is 173 Å². The van der Waals surface area contributed by atoms with E-state index in [2.05, 4.69) is 15.4 Å². The maximum atomic E-state index is 12.8. The van der Waals surface area contributed by atoms with Crippen LogP contribution in [0.2, 0.25) is 5.02 Å². The summed E-state index contributed by atoms with van der Waals surface area (Å²) >= 11 is 6.16. The number of amides is 2. The molecule has 2 N–H and O–H groups in total. The summed E-state index contributed by atoms with van der Waals surface area (Å²) in [7, 11) is 1.28. The van der Waals surface area contributed by atoms with Crippen LogP contribution in [0.4, 0.5) is 16.2 Å². The molecule has 0 aliphatic heterocycles. The van der Waals surface area contributed by atoms with E-state index < -0.39 is 6.09 Å². The number of anilines is 2. The largest absolute Gasteiger partial charge is 0.488 e. The first-order valence-electron chi connectivity index (χ1n) is 8.78. The van der Waals surface area contributed by atoms with Crippen molar-refractivity contribution in [1.29, 1.82) is 0 Å². The fourth-order valence-corrected chi connectivity index (χ4v) is 2.78. The second-order valence-electron chi connectivity index (χ2n) is 6.03. The van der Waals surface area contributed by atoms with Crippen LogP contribution in [0.25, 0.3) is 0 Å². The van der Waals surface area contributed by atoms with Crippen LogP contribution in [0.5, 0.6) is 5.75 Å². The molecule has 0 aliphatic rings. The van der Waals surface area contributed by atoms with E-state index in [0.717, 1.165) is 5.56 Å². The number of para-hydroxylation sites is 1. The van der Waals surface area contributed by atoms with Gasteiger partial charge in [0, 0.05) is 22.0 Å². The SMILES string of the molecule is COC(=O)Nc1cccc(NC(=O)c2ccccc2OCc2ccccc2Cl)c1. The van der Waals surface area contributed by atoms with Crippen LogP contribution in [-0.4, -0.2) is 19.1 Å². The van der Waals surface area contributed by atoms with E-state index in [-0.39, 0.29) is 12.5 Å². The van der Waals surface area contributed by atoms with E-state index in [0.29, 0.717) is 27.7 Å². The van der Waals surface area contributed by atoms with E-state index in [1.54, 1.807) is 54.6 Å². The molecule has 0 unspecified atom stereocenters. The summed E-state index contributed by atoms with van der Waals surface area (Å²) in [4.78, 5) is 24.1. The average molecular weight is 411 g/mol. The Balaban J connectivity index is 1.72. The first-order valence-corrected chi connectivity index (χ1v) is 9.16. The third-order valence-electron chi connectivity index (χ3n) is 4.02. The zero-order chi connectivity index (χ0) is 20.6. The smallest absolute Gasteiger partial charge is 0.411 e. The van der Waals surface area contributed by atoms with Crippen LogP contribution in [0.15, 0.2) is 72.8 Å². The van der Waals surface area contributed by atoms with Crippen LogP contribution in [0.1, 0.15) is 15.9 Å². The molecule has 0 saturated carbocycles. The van der Waals surface area contributed by atoms with Gasteiger partial charge >= 0.3 is 6.09 Å². The quantitative estimate of drug-likeness (QED) is 0.574. The molecule has 0 bridgehead atoms. The lowest BCUT2D eigenvalue weighted by atomic mass is 10.1. The van der Waals surface area contributed by atoms with Crippen molar-refractivity contribution in [2.45, 2.75) is 6.61 Å². The Morgan fingerprint density at radius 2 is 1.59 bits per heavy atom. The lowest BCUT2D eigenvalue weighted by Crippen LogP contribution is -2.14. The van der Waals surface area contributed by atoms with Gasteiger partial charge in [-0.25, -0.2) is 4.79 Å². The van der Waals surface area contributed by atoms with Crippen molar-refractivity contribution >= 4 is 35.0 Å². The standard InChI is InChI=1S/C22H19ClN2O4/c1-28-22(27)25-17-9-6-8-16(13-17)24-21(26)18-10-3-5-12-20(18)29-14-15-7-2-4-11-19(15)23/h2-13H,14H2,1H3,(H,24,26)(H,25,27). The number of ether oxygens (including phenoxy) is 2.